The summed E-state index contributed by atoms with van der Waals surface area (Å²) < 4.78 is 11.5. The fourth-order valence-electron chi connectivity index (χ4n) is 4.24. The zero-order valence-electron chi connectivity index (χ0n) is 19.8. The number of hydrogen-bond donors (Lipinski definition) is 1. The number of fused-ring (bicyclic) bond motifs is 1. The van der Waals surface area contributed by atoms with Crippen LogP contribution in [0.5, 0.6) is 17.2 Å². The summed E-state index contributed by atoms with van der Waals surface area (Å²) in [6, 6.07) is 21.0. The molecule has 38 heavy (non-hydrogen) atoms. The average molecular weight is 569 g/mol. The van der Waals surface area contributed by atoms with Gasteiger partial charge in [-0.25, -0.2) is 0 Å². The molecule has 9 heteroatoms. The molecular weight excluding hydrogens is 549 g/mol. The number of nitrogens with zero attached hydrogens (tertiary/aromatic N) is 1. The molecule has 6 nitrogen and oxygen atoms in total. The summed E-state index contributed by atoms with van der Waals surface area (Å²) in [5.41, 5.74) is 3.23. The van der Waals surface area contributed by atoms with Gasteiger partial charge in [0.2, 0.25) is 0 Å². The second-order valence-electron chi connectivity index (χ2n) is 8.70. The minimum atomic E-state index is -0.970. The molecule has 1 atom stereocenters. The van der Waals surface area contributed by atoms with Crippen LogP contribution in [0.1, 0.15) is 34.0 Å². The summed E-state index contributed by atoms with van der Waals surface area (Å²) in [6.45, 7) is 0.221. The number of rotatable bonds is 7. The number of aromatic nitrogens is 1. The Labute approximate surface area is 233 Å². The summed E-state index contributed by atoms with van der Waals surface area (Å²) in [7, 11) is 0. The molecule has 0 saturated carbocycles. The van der Waals surface area contributed by atoms with Crippen LogP contribution < -0.4 is 9.47 Å². The SMILES string of the molecule is O=C(Cc1cccc(-c2ccc(Cl)cc2)n1)c1ccc(Oc2c(Cl)cc3c(c2Cl)OCCC3C(=O)O)cc1. The van der Waals surface area contributed by atoms with Gasteiger partial charge < -0.3 is 14.6 Å². The van der Waals surface area contributed by atoms with E-state index in [1.54, 1.807) is 36.4 Å². The van der Waals surface area contributed by atoms with E-state index in [9.17, 15) is 14.7 Å². The van der Waals surface area contributed by atoms with Crippen molar-refractivity contribution in [3.05, 3.63) is 105 Å². The number of carbonyl (C=O) groups is 2. The number of carbonyl (C=O) groups excluding carboxylic acids is 1. The summed E-state index contributed by atoms with van der Waals surface area (Å²) >= 11 is 18.9. The lowest BCUT2D eigenvalue weighted by atomic mass is 9.93. The molecule has 0 aliphatic carbocycles. The Morgan fingerprint density at radius 1 is 1.00 bits per heavy atom. The largest absolute Gasteiger partial charge is 0.492 e. The van der Waals surface area contributed by atoms with Crippen molar-refractivity contribution >= 4 is 46.6 Å². The second-order valence-corrected chi connectivity index (χ2v) is 9.92. The Kier molecular flexibility index (Phi) is 7.56. The third kappa shape index (κ3) is 5.48. The highest BCUT2D eigenvalue weighted by molar-refractivity contribution is 6.38. The lowest BCUT2D eigenvalue weighted by Crippen LogP contribution is -2.21. The average Bonchev–Trinajstić information content (AvgIpc) is 2.91. The van der Waals surface area contributed by atoms with Crippen LogP contribution >= 0.6 is 34.8 Å². The molecular formula is C29H20Cl3NO5. The van der Waals surface area contributed by atoms with Gasteiger partial charge in [0, 0.05) is 27.4 Å². The minimum Gasteiger partial charge on any atom is -0.492 e. The highest BCUT2D eigenvalue weighted by atomic mass is 35.5. The molecule has 0 bridgehead atoms. The molecule has 4 aromatic rings. The second kappa shape index (κ2) is 11.0. The Bertz CT molecular complexity index is 1520. The molecule has 1 unspecified atom stereocenters. The highest BCUT2D eigenvalue weighted by Gasteiger charge is 2.32. The van der Waals surface area contributed by atoms with Crippen LogP contribution in [0.15, 0.2) is 72.8 Å². The summed E-state index contributed by atoms with van der Waals surface area (Å²) in [5.74, 6) is -1.02. The lowest BCUT2D eigenvalue weighted by molar-refractivity contribution is -0.139. The van der Waals surface area contributed by atoms with Crippen molar-refractivity contribution in [2.75, 3.05) is 6.61 Å². The lowest BCUT2D eigenvalue weighted by Gasteiger charge is -2.25. The van der Waals surface area contributed by atoms with Gasteiger partial charge in [0.1, 0.15) is 16.5 Å². The zero-order chi connectivity index (χ0) is 26.8. The van der Waals surface area contributed by atoms with E-state index in [-0.39, 0.29) is 40.4 Å². The van der Waals surface area contributed by atoms with Crippen LogP contribution in [0.3, 0.4) is 0 Å². The van der Waals surface area contributed by atoms with Crippen LogP contribution in [0.25, 0.3) is 11.3 Å². The number of ketones is 1. The molecule has 0 radical (unpaired) electrons. The number of carboxylic acids is 1. The molecule has 0 saturated heterocycles. The Balaban J connectivity index is 1.31. The molecule has 1 N–H and O–H groups in total. The number of benzene rings is 3. The van der Waals surface area contributed by atoms with E-state index in [4.69, 9.17) is 44.3 Å². The van der Waals surface area contributed by atoms with Gasteiger partial charge >= 0.3 is 5.97 Å². The van der Waals surface area contributed by atoms with Gasteiger partial charge in [0.05, 0.1) is 29.7 Å². The molecule has 1 aliphatic rings. The Hall–Kier alpha value is -3.58. The molecule has 3 aromatic carbocycles. The number of Topliss-reactive ketones (excluding diaryl/α,β-unsaturated/α-hetero) is 1. The number of hydrogen-bond acceptors (Lipinski definition) is 5. The molecule has 192 valence electrons. The van der Waals surface area contributed by atoms with Crippen LogP contribution in [-0.4, -0.2) is 28.4 Å². The van der Waals surface area contributed by atoms with Crippen LogP contribution in [0, 0.1) is 0 Å². The minimum absolute atomic E-state index is 0.102. The molecule has 0 fully saturated rings. The van der Waals surface area contributed by atoms with E-state index in [1.165, 1.54) is 6.07 Å². The Morgan fingerprint density at radius 3 is 2.45 bits per heavy atom. The van der Waals surface area contributed by atoms with Crippen LogP contribution in [0.2, 0.25) is 15.1 Å². The quantitative estimate of drug-likeness (QED) is 0.228. The van der Waals surface area contributed by atoms with E-state index in [2.05, 4.69) is 4.98 Å². The van der Waals surface area contributed by atoms with Crippen molar-refractivity contribution in [1.29, 1.82) is 0 Å². The third-order valence-electron chi connectivity index (χ3n) is 6.17. The number of pyridine rings is 1. The number of carboxylic acid groups (broad SMARTS) is 1. The van der Waals surface area contributed by atoms with Gasteiger partial charge in [-0.05, 0) is 61.0 Å². The summed E-state index contributed by atoms with van der Waals surface area (Å²) in [4.78, 5) is 29.1. The van der Waals surface area contributed by atoms with Gasteiger partial charge in [-0.15, -0.1) is 0 Å². The molecule has 0 spiro atoms. The van der Waals surface area contributed by atoms with Crippen molar-refractivity contribution in [1.82, 2.24) is 4.98 Å². The fourth-order valence-corrected chi connectivity index (χ4v) is 4.97. The predicted octanol–water partition coefficient (Wildman–Crippen LogP) is 7.88. The standard InChI is InChI=1S/C29H20Cl3NO5/c30-18-8-4-16(5-9-18)24-3-1-2-19(33-24)14-25(34)17-6-10-20(11-7-17)38-28-23(31)15-22-21(29(35)36)12-13-37-27(22)26(28)32/h1-11,15,21H,12-14H2,(H,35,36). The van der Waals surface area contributed by atoms with E-state index in [0.29, 0.717) is 34.0 Å². The number of halogens is 3. The number of aliphatic carboxylic acids is 1. The third-order valence-corrected chi connectivity index (χ3v) is 7.05. The van der Waals surface area contributed by atoms with Gasteiger partial charge in [-0.3, -0.25) is 14.6 Å². The normalized spacial score (nSPS) is 14.3. The monoisotopic (exact) mass is 567 g/mol. The molecule has 1 aromatic heterocycles. The molecule has 5 rings (SSSR count). The zero-order valence-corrected chi connectivity index (χ0v) is 22.1. The van der Waals surface area contributed by atoms with Gasteiger partial charge in [0.15, 0.2) is 11.5 Å². The van der Waals surface area contributed by atoms with Gasteiger partial charge in [-0.2, -0.15) is 0 Å². The van der Waals surface area contributed by atoms with E-state index < -0.39 is 11.9 Å². The highest BCUT2D eigenvalue weighted by Crippen LogP contribution is 2.48. The first kappa shape index (κ1) is 26.0. The number of ether oxygens (including phenoxy) is 2. The van der Waals surface area contributed by atoms with E-state index in [1.807, 2.05) is 30.3 Å². The summed E-state index contributed by atoms with van der Waals surface area (Å²) in [6.07, 6.45) is 0.456. The first-order valence-corrected chi connectivity index (χ1v) is 12.8. The molecule has 1 aliphatic heterocycles. The molecule has 0 amide bonds. The van der Waals surface area contributed by atoms with E-state index in [0.717, 1.165) is 11.3 Å². The fraction of sp³-hybridized carbons (Fsp3) is 0.138. The first-order valence-electron chi connectivity index (χ1n) is 11.7. The van der Waals surface area contributed by atoms with Gasteiger partial charge in [-0.1, -0.05) is 53.0 Å². The van der Waals surface area contributed by atoms with E-state index >= 15 is 0 Å². The maximum Gasteiger partial charge on any atom is 0.311 e. The molecule has 2 heterocycles. The van der Waals surface area contributed by atoms with Crippen molar-refractivity contribution in [3.8, 4) is 28.5 Å². The topological polar surface area (TPSA) is 85.7 Å². The van der Waals surface area contributed by atoms with Crippen LogP contribution in [-0.2, 0) is 11.2 Å². The Morgan fingerprint density at radius 2 is 1.74 bits per heavy atom. The van der Waals surface area contributed by atoms with Crippen LogP contribution in [0.4, 0.5) is 0 Å². The van der Waals surface area contributed by atoms with Gasteiger partial charge in [0.25, 0.3) is 0 Å². The van der Waals surface area contributed by atoms with Crippen molar-refractivity contribution in [2.24, 2.45) is 0 Å². The predicted molar refractivity (Wildman–Crippen MR) is 146 cm³/mol. The van der Waals surface area contributed by atoms with Crippen molar-refractivity contribution in [2.45, 2.75) is 18.8 Å². The maximum atomic E-state index is 12.9. The summed E-state index contributed by atoms with van der Waals surface area (Å²) in [5, 5.41) is 10.4. The smallest absolute Gasteiger partial charge is 0.311 e. The maximum absolute atomic E-state index is 12.9. The first-order chi connectivity index (χ1) is 18.3. The van der Waals surface area contributed by atoms with Crippen molar-refractivity contribution in [3.63, 3.8) is 0 Å². The van der Waals surface area contributed by atoms with Crippen molar-refractivity contribution < 1.29 is 24.2 Å².